The lowest BCUT2D eigenvalue weighted by Gasteiger charge is -2.24. The first-order chi connectivity index (χ1) is 8.58. The molecule has 1 unspecified atom stereocenters. The number of anilines is 1. The molecule has 0 spiro atoms. The monoisotopic (exact) mass is 250 g/mol. The minimum Gasteiger partial charge on any atom is -0.372 e. The summed E-state index contributed by atoms with van der Waals surface area (Å²) in [5.41, 5.74) is 7.30. The fourth-order valence-electron chi connectivity index (χ4n) is 2.79. The van der Waals surface area contributed by atoms with Gasteiger partial charge in [-0.1, -0.05) is 18.9 Å². The van der Waals surface area contributed by atoms with Gasteiger partial charge in [-0.15, -0.1) is 0 Å². The molecule has 1 fully saturated rings. The van der Waals surface area contributed by atoms with Gasteiger partial charge in [0.15, 0.2) is 0 Å². The summed E-state index contributed by atoms with van der Waals surface area (Å²) in [6.45, 7) is 2.82. The van der Waals surface area contributed by atoms with Crippen LogP contribution in [0.15, 0.2) is 18.2 Å². The van der Waals surface area contributed by atoms with Crippen LogP contribution in [0.2, 0.25) is 0 Å². The Morgan fingerprint density at radius 3 is 2.61 bits per heavy atom. The van der Waals surface area contributed by atoms with Crippen LogP contribution in [0.4, 0.5) is 10.1 Å². The maximum Gasteiger partial charge on any atom is 0.146 e. The molecule has 1 aromatic carbocycles. The number of hydrogen-bond donors (Lipinski definition) is 1. The Balaban J connectivity index is 2.07. The van der Waals surface area contributed by atoms with E-state index in [2.05, 4.69) is 0 Å². The maximum absolute atomic E-state index is 14.0. The second kappa shape index (κ2) is 5.70. The first-order valence-electron chi connectivity index (χ1n) is 6.84. The third kappa shape index (κ3) is 3.02. The van der Waals surface area contributed by atoms with Crippen molar-refractivity contribution in [2.75, 3.05) is 18.5 Å². The van der Waals surface area contributed by atoms with Gasteiger partial charge in [0.2, 0.25) is 0 Å². The van der Waals surface area contributed by atoms with Gasteiger partial charge in [-0.3, -0.25) is 0 Å². The SMILES string of the molecule is CC(N)c1ccc(N(C)CC2CCCC2)c(F)c1. The van der Waals surface area contributed by atoms with E-state index in [1.807, 2.05) is 31.0 Å². The molecule has 1 aliphatic rings. The minimum absolute atomic E-state index is 0.117. The van der Waals surface area contributed by atoms with Crippen molar-refractivity contribution in [3.05, 3.63) is 29.6 Å². The number of nitrogens with zero attached hydrogens (tertiary/aromatic N) is 1. The summed E-state index contributed by atoms with van der Waals surface area (Å²) >= 11 is 0. The number of rotatable bonds is 4. The smallest absolute Gasteiger partial charge is 0.146 e. The molecular weight excluding hydrogens is 227 g/mol. The Morgan fingerprint density at radius 2 is 2.06 bits per heavy atom. The lowest BCUT2D eigenvalue weighted by molar-refractivity contribution is 0.538. The first-order valence-corrected chi connectivity index (χ1v) is 6.84. The van der Waals surface area contributed by atoms with Crippen LogP contribution < -0.4 is 10.6 Å². The van der Waals surface area contributed by atoms with E-state index in [4.69, 9.17) is 5.73 Å². The van der Waals surface area contributed by atoms with E-state index in [0.717, 1.165) is 18.0 Å². The molecule has 0 heterocycles. The van der Waals surface area contributed by atoms with Gasteiger partial charge in [-0.05, 0) is 43.4 Å². The number of benzene rings is 1. The van der Waals surface area contributed by atoms with E-state index in [1.165, 1.54) is 25.7 Å². The van der Waals surface area contributed by atoms with Gasteiger partial charge in [0.05, 0.1) is 5.69 Å². The molecule has 2 nitrogen and oxygen atoms in total. The predicted octanol–water partition coefficient (Wildman–Crippen LogP) is 3.47. The highest BCUT2D eigenvalue weighted by molar-refractivity contribution is 5.49. The fraction of sp³-hybridized carbons (Fsp3) is 0.600. The first kappa shape index (κ1) is 13.3. The lowest BCUT2D eigenvalue weighted by atomic mass is 10.1. The standard InChI is InChI=1S/C15H23FN2/c1-11(17)13-7-8-15(14(16)9-13)18(2)10-12-5-3-4-6-12/h7-9,11-12H,3-6,10,17H2,1-2H3. The van der Waals surface area contributed by atoms with Crippen molar-refractivity contribution in [2.24, 2.45) is 11.7 Å². The molecule has 1 saturated carbocycles. The number of halogens is 1. The molecule has 0 saturated heterocycles. The van der Waals surface area contributed by atoms with Crippen LogP contribution in [0.1, 0.15) is 44.2 Å². The average Bonchev–Trinajstić information content (AvgIpc) is 2.81. The lowest BCUT2D eigenvalue weighted by Crippen LogP contribution is -2.25. The summed E-state index contributed by atoms with van der Waals surface area (Å²) in [5, 5.41) is 0. The van der Waals surface area contributed by atoms with Crippen LogP contribution in [0, 0.1) is 11.7 Å². The summed E-state index contributed by atoms with van der Waals surface area (Å²) in [7, 11) is 1.97. The topological polar surface area (TPSA) is 29.3 Å². The summed E-state index contributed by atoms with van der Waals surface area (Å²) in [5.74, 6) is 0.563. The highest BCUT2D eigenvalue weighted by Crippen LogP contribution is 2.28. The molecule has 3 heteroatoms. The van der Waals surface area contributed by atoms with Crippen LogP contribution in [-0.2, 0) is 0 Å². The zero-order valence-electron chi connectivity index (χ0n) is 11.3. The molecule has 0 radical (unpaired) electrons. The minimum atomic E-state index is -0.162. The predicted molar refractivity (Wildman–Crippen MR) is 74.2 cm³/mol. The Morgan fingerprint density at radius 1 is 1.39 bits per heavy atom. The quantitative estimate of drug-likeness (QED) is 0.886. The van der Waals surface area contributed by atoms with Crippen LogP contribution >= 0.6 is 0 Å². The Kier molecular flexibility index (Phi) is 4.23. The summed E-state index contributed by atoms with van der Waals surface area (Å²) in [4.78, 5) is 2.04. The molecule has 0 amide bonds. The zero-order valence-corrected chi connectivity index (χ0v) is 11.3. The van der Waals surface area contributed by atoms with Crippen LogP contribution in [-0.4, -0.2) is 13.6 Å². The van der Waals surface area contributed by atoms with E-state index in [1.54, 1.807) is 6.07 Å². The van der Waals surface area contributed by atoms with Crippen LogP contribution in [0.5, 0.6) is 0 Å². The fourth-order valence-corrected chi connectivity index (χ4v) is 2.79. The molecule has 0 aromatic heterocycles. The van der Waals surface area contributed by atoms with Gasteiger partial charge < -0.3 is 10.6 Å². The molecule has 18 heavy (non-hydrogen) atoms. The largest absolute Gasteiger partial charge is 0.372 e. The van der Waals surface area contributed by atoms with Crippen molar-refractivity contribution in [1.82, 2.24) is 0 Å². The molecular formula is C15H23FN2. The summed E-state index contributed by atoms with van der Waals surface area (Å²) in [6.07, 6.45) is 5.21. The molecule has 2 rings (SSSR count). The molecule has 1 aromatic rings. The molecule has 0 bridgehead atoms. The van der Waals surface area contributed by atoms with E-state index >= 15 is 0 Å². The van der Waals surface area contributed by atoms with E-state index in [0.29, 0.717) is 5.69 Å². The molecule has 2 N–H and O–H groups in total. The van der Waals surface area contributed by atoms with Gasteiger partial charge in [0, 0.05) is 19.6 Å². The van der Waals surface area contributed by atoms with Crippen molar-refractivity contribution >= 4 is 5.69 Å². The summed E-state index contributed by atoms with van der Waals surface area (Å²) in [6, 6.07) is 5.22. The van der Waals surface area contributed by atoms with Gasteiger partial charge in [0.1, 0.15) is 5.82 Å². The van der Waals surface area contributed by atoms with Gasteiger partial charge in [0.25, 0.3) is 0 Å². The number of nitrogens with two attached hydrogens (primary N) is 1. The highest BCUT2D eigenvalue weighted by atomic mass is 19.1. The highest BCUT2D eigenvalue weighted by Gasteiger charge is 2.18. The van der Waals surface area contributed by atoms with Crippen molar-refractivity contribution in [2.45, 2.75) is 38.6 Å². The Labute approximate surface area is 109 Å². The third-order valence-corrected chi connectivity index (χ3v) is 3.92. The second-order valence-corrected chi connectivity index (χ2v) is 5.53. The van der Waals surface area contributed by atoms with Crippen molar-refractivity contribution < 1.29 is 4.39 Å². The normalized spacial score (nSPS) is 18.0. The molecule has 1 atom stereocenters. The Hall–Kier alpha value is -1.09. The molecule has 100 valence electrons. The molecule has 1 aliphatic carbocycles. The number of hydrogen-bond acceptors (Lipinski definition) is 2. The Bertz CT molecular complexity index is 397. The van der Waals surface area contributed by atoms with Crippen molar-refractivity contribution in [1.29, 1.82) is 0 Å². The molecule has 0 aliphatic heterocycles. The maximum atomic E-state index is 14.0. The van der Waals surface area contributed by atoms with Crippen LogP contribution in [0.3, 0.4) is 0 Å². The van der Waals surface area contributed by atoms with Crippen LogP contribution in [0.25, 0.3) is 0 Å². The van der Waals surface area contributed by atoms with Gasteiger partial charge in [-0.2, -0.15) is 0 Å². The van der Waals surface area contributed by atoms with Gasteiger partial charge in [-0.25, -0.2) is 4.39 Å². The summed E-state index contributed by atoms with van der Waals surface area (Å²) < 4.78 is 14.0. The second-order valence-electron chi connectivity index (χ2n) is 5.53. The van der Waals surface area contributed by atoms with E-state index in [-0.39, 0.29) is 11.9 Å². The van der Waals surface area contributed by atoms with Crippen molar-refractivity contribution in [3.8, 4) is 0 Å². The zero-order chi connectivity index (χ0) is 13.1. The van der Waals surface area contributed by atoms with Crippen molar-refractivity contribution in [3.63, 3.8) is 0 Å². The average molecular weight is 250 g/mol. The van der Waals surface area contributed by atoms with Gasteiger partial charge >= 0.3 is 0 Å². The third-order valence-electron chi connectivity index (χ3n) is 3.92. The van der Waals surface area contributed by atoms with E-state index < -0.39 is 0 Å². The van der Waals surface area contributed by atoms with E-state index in [9.17, 15) is 4.39 Å².